The Morgan fingerprint density at radius 1 is 1.21 bits per heavy atom. The Hall–Kier alpha value is -0.0800. The van der Waals surface area contributed by atoms with E-state index in [4.69, 9.17) is 0 Å². The molecule has 0 aliphatic carbocycles. The highest BCUT2D eigenvalue weighted by atomic mass is 15.1. The van der Waals surface area contributed by atoms with E-state index < -0.39 is 0 Å². The van der Waals surface area contributed by atoms with E-state index in [2.05, 4.69) is 31.1 Å². The smallest absolute Gasteiger partial charge is 0.00638 e. The quantitative estimate of drug-likeness (QED) is 0.575. The van der Waals surface area contributed by atoms with Crippen molar-refractivity contribution in [2.75, 3.05) is 27.2 Å². The molecule has 1 unspecified atom stereocenters. The maximum atomic E-state index is 3.19. The van der Waals surface area contributed by atoms with E-state index in [0.29, 0.717) is 0 Å². The molecule has 0 aromatic heterocycles. The van der Waals surface area contributed by atoms with Crippen LogP contribution in [-0.2, 0) is 0 Å². The van der Waals surface area contributed by atoms with E-state index in [1.54, 1.807) is 0 Å². The maximum absolute atomic E-state index is 3.19. The lowest BCUT2D eigenvalue weighted by atomic mass is 10.1. The third kappa shape index (κ3) is 7.34. The normalized spacial score (nSPS) is 13.5. The number of rotatable bonds is 9. The molecule has 2 nitrogen and oxygen atoms in total. The summed E-state index contributed by atoms with van der Waals surface area (Å²) in [6, 6.07) is 0.749. The van der Waals surface area contributed by atoms with Crippen molar-refractivity contribution in [3.8, 4) is 0 Å². The van der Waals surface area contributed by atoms with Gasteiger partial charge in [-0.05, 0) is 47.0 Å². The van der Waals surface area contributed by atoms with Crippen molar-refractivity contribution in [1.29, 1.82) is 0 Å². The molecule has 0 radical (unpaired) electrons. The summed E-state index contributed by atoms with van der Waals surface area (Å²) in [5, 5.41) is 3.19. The number of hydrogen-bond acceptors (Lipinski definition) is 2. The fourth-order valence-electron chi connectivity index (χ4n) is 1.64. The molecule has 0 aliphatic rings. The fraction of sp³-hybridized carbons (Fsp3) is 1.00. The van der Waals surface area contributed by atoms with Gasteiger partial charge in [0.1, 0.15) is 0 Å². The molecule has 0 spiro atoms. The molecule has 0 rings (SSSR count). The van der Waals surface area contributed by atoms with Gasteiger partial charge in [-0.15, -0.1) is 0 Å². The average molecular weight is 200 g/mol. The molecule has 0 bridgehead atoms. The van der Waals surface area contributed by atoms with Crippen molar-refractivity contribution < 1.29 is 0 Å². The van der Waals surface area contributed by atoms with Crippen LogP contribution in [0.2, 0.25) is 0 Å². The van der Waals surface area contributed by atoms with Crippen molar-refractivity contribution in [2.24, 2.45) is 0 Å². The molecule has 86 valence electrons. The first-order chi connectivity index (χ1) is 6.72. The van der Waals surface area contributed by atoms with Crippen LogP contribution in [0.15, 0.2) is 0 Å². The molecule has 2 heteroatoms. The second-order valence-corrected chi connectivity index (χ2v) is 4.28. The topological polar surface area (TPSA) is 15.3 Å². The number of nitrogens with zero attached hydrogens (tertiary/aromatic N) is 1. The van der Waals surface area contributed by atoms with Gasteiger partial charge in [-0.3, -0.25) is 0 Å². The van der Waals surface area contributed by atoms with E-state index in [0.717, 1.165) is 12.6 Å². The van der Waals surface area contributed by atoms with Gasteiger partial charge in [0.15, 0.2) is 0 Å². The van der Waals surface area contributed by atoms with Gasteiger partial charge in [-0.1, -0.05) is 26.2 Å². The average Bonchev–Trinajstić information content (AvgIpc) is 2.18. The van der Waals surface area contributed by atoms with Gasteiger partial charge >= 0.3 is 0 Å². The summed E-state index contributed by atoms with van der Waals surface area (Å²) in [5.41, 5.74) is 0. The zero-order valence-electron chi connectivity index (χ0n) is 10.5. The molecule has 0 fully saturated rings. The molecule has 0 amide bonds. The summed E-state index contributed by atoms with van der Waals surface area (Å²) in [7, 11) is 4.26. The highest BCUT2D eigenvalue weighted by Gasteiger charge is 2.07. The van der Waals surface area contributed by atoms with Crippen molar-refractivity contribution in [3.63, 3.8) is 0 Å². The van der Waals surface area contributed by atoms with E-state index >= 15 is 0 Å². The van der Waals surface area contributed by atoms with Crippen LogP contribution in [0.25, 0.3) is 0 Å². The molecule has 0 aromatic rings. The van der Waals surface area contributed by atoms with Crippen molar-refractivity contribution in [1.82, 2.24) is 10.2 Å². The lowest BCUT2D eigenvalue weighted by molar-refractivity contribution is 0.239. The first-order valence-corrected chi connectivity index (χ1v) is 6.07. The first kappa shape index (κ1) is 13.9. The lowest BCUT2D eigenvalue weighted by Crippen LogP contribution is -2.31. The molecular weight excluding hydrogens is 172 g/mol. The Morgan fingerprint density at radius 2 is 1.93 bits per heavy atom. The minimum atomic E-state index is 0.749. The summed E-state index contributed by atoms with van der Waals surface area (Å²) in [6.45, 7) is 6.95. The monoisotopic (exact) mass is 200 g/mol. The summed E-state index contributed by atoms with van der Waals surface area (Å²) in [4.78, 5) is 2.48. The van der Waals surface area contributed by atoms with Gasteiger partial charge < -0.3 is 10.2 Å². The summed E-state index contributed by atoms with van der Waals surface area (Å²) < 4.78 is 0. The van der Waals surface area contributed by atoms with E-state index in [9.17, 15) is 0 Å². The van der Waals surface area contributed by atoms with Crippen LogP contribution in [0.5, 0.6) is 0 Å². The standard InChI is InChI=1S/C12H28N2/c1-5-6-7-9-12(2)14(4)11-8-10-13-3/h12-13H,5-11H2,1-4H3. The van der Waals surface area contributed by atoms with E-state index in [-0.39, 0.29) is 0 Å². The van der Waals surface area contributed by atoms with Gasteiger partial charge in [0.05, 0.1) is 0 Å². The van der Waals surface area contributed by atoms with Crippen LogP contribution in [0, 0.1) is 0 Å². The van der Waals surface area contributed by atoms with Gasteiger partial charge in [0.25, 0.3) is 0 Å². The summed E-state index contributed by atoms with van der Waals surface area (Å²) >= 11 is 0. The molecule has 1 N–H and O–H groups in total. The Bertz CT molecular complexity index is 101. The second kappa shape index (κ2) is 9.47. The highest BCUT2D eigenvalue weighted by molar-refractivity contribution is 4.63. The molecule has 0 heterocycles. The molecule has 0 saturated carbocycles. The zero-order valence-corrected chi connectivity index (χ0v) is 10.5. The van der Waals surface area contributed by atoms with Crippen LogP contribution >= 0.6 is 0 Å². The molecule has 0 aromatic carbocycles. The predicted molar refractivity (Wildman–Crippen MR) is 64.8 cm³/mol. The molecule has 0 aliphatic heterocycles. The van der Waals surface area contributed by atoms with Gasteiger partial charge in [0.2, 0.25) is 0 Å². The molecule has 1 atom stereocenters. The summed E-state index contributed by atoms with van der Waals surface area (Å²) in [6.07, 6.45) is 6.70. The SMILES string of the molecule is CCCCCC(C)N(C)CCCNC. The second-order valence-electron chi connectivity index (χ2n) is 4.28. The summed E-state index contributed by atoms with van der Waals surface area (Å²) in [5.74, 6) is 0. The Kier molecular flexibility index (Phi) is 9.42. The fourth-order valence-corrected chi connectivity index (χ4v) is 1.64. The Balaban J connectivity index is 3.39. The van der Waals surface area contributed by atoms with Gasteiger partial charge in [0, 0.05) is 6.04 Å². The number of nitrogens with one attached hydrogen (secondary N) is 1. The largest absolute Gasteiger partial charge is 0.320 e. The zero-order chi connectivity index (χ0) is 10.8. The minimum absolute atomic E-state index is 0.749. The van der Waals surface area contributed by atoms with Crippen molar-refractivity contribution >= 4 is 0 Å². The van der Waals surface area contributed by atoms with Crippen LogP contribution in [0.4, 0.5) is 0 Å². The maximum Gasteiger partial charge on any atom is 0.00638 e. The van der Waals surface area contributed by atoms with Crippen LogP contribution in [-0.4, -0.2) is 38.1 Å². The van der Waals surface area contributed by atoms with E-state index in [1.807, 2.05) is 7.05 Å². The van der Waals surface area contributed by atoms with Crippen LogP contribution in [0.3, 0.4) is 0 Å². The Labute approximate surface area is 90.1 Å². The van der Waals surface area contributed by atoms with Crippen molar-refractivity contribution in [3.05, 3.63) is 0 Å². The lowest BCUT2D eigenvalue weighted by Gasteiger charge is -2.24. The van der Waals surface area contributed by atoms with E-state index in [1.165, 1.54) is 38.6 Å². The molecule has 14 heavy (non-hydrogen) atoms. The number of hydrogen-bond donors (Lipinski definition) is 1. The third-order valence-electron chi connectivity index (χ3n) is 2.92. The van der Waals surface area contributed by atoms with Gasteiger partial charge in [-0.2, -0.15) is 0 Å². The van der Waals surface area contributed by atoms with Crippen LogP contribution in [0.1, 0.15) is 46.0 Å². The molecule has 0 saturated heterocycles. The minimum Gasteiger partial charge on any atom is -0.320 e. The van der Waals surface area contributed by atoms with Gasteiger partial charge in [-0.25, -0.2) is 0 Å². The Morgan fingerprint density at radius 3 is 2.50 bits per heavy atom. The third-order valence-corrected chi connectivity index (χ3v) is 2.92. The van der Waals surface area contributed by atoms with Crippen molar-refractivity contribution in [2.45, 2.75) is 52.0 Å². The first-order valence-electron chi connectivity index (χ1n) is 6.07. The van der Waals surface area contributed by atoms with Crippen LogP contribution < -0.4 is 5.32 Å². The number of unbranched alkanes of at least 4 members (excludes halogenated alkanes) is 2. The molecular formula is C12H28N2. The highest BCUT2D eigenvalue weighted by Crippen LogP contribution is 2.08. The predicted octanol–water partition coefficient (Wildman–Crippen LogP) is 2.50.